The molecule has 0 fully saturated rings. The maximum atomic E-state index is 12.9. The van der Waals surface area contributed by atoms with E-state index < -0.39 is 17.5 Å². The molecule has 3 rings (SSSR count). The van der Waals surface area contributed by atoms with Crippen molar-refractivity contribution < 1.29 is 14.3 Å². The van der Waals surface area contributed by atoms with Crippen LogP contribution in [0, 0.1) is 0 Å². The molecule has 0 aliphatic carbocycles. The van der Waals surface area contributed by atoms with Crippen LogP contribution in [0.3, 0.4) is 0 Å². The molecule has 2 aromatic heterocycles. The third kappa shape index (κ3) is 4.82. The zero-order chi connectivity index (χ0) is 20.3. The van der Waals surface area contributed by atoms with Gasteiger partial charge in [0.25, 0.3) is 5.91 Å². The Morgan fingerprint density at radius 2 is 1.86 bits per heavy atom. The second-order valence-electron chi connectivity index (χ2n) is 6.91. The second kappa shape index (κ2) is 8.20. The van der Waals surface area contributed by atoms with Crippen molar-refractivity contribution in [1.29, 1.82) is 0 Å². The molecule has 0 saturated heterocycles. The highest BCUT2D eigenvalue weighted by atomic mass is 79.9. The number of esters is 1. The highest BCUT2D eigenvalue weighted by Crippen LogP contribution is 2.37. The van der Waals surface area contributed by atoms with Crippen LogP contribution in [0.25, 0.3) is 11.1 Å². The molecule has 6 nitrogen and oxygen atoms in total. The molecule has 0 spiro atoms. The number of ether oxygens (including phenoxy) is 1. The number of hydrogen-bond donors (Lipinski definition) is 1. The Morgan fingerprint density at radius 3 is 2.46 bits per heavy atom. The lowest BCUT2D eigenvalue weighted by Crippen LogP contribution is -2.25. The number of nitrogens with one attached hydrogen (secondary N) is 1. The molecule has 28 heavy (non-hydrogen) atoms. The van der Waals surface area contributed by atoms with E-state index in [2.05, 4.69) is 31.2 Å². The summed E-state index contributed by atoms with van der Waals surface area (Å²) in [5, 5.41) is 5.00. The summed E-state index contributed by atoms with van der Waals surface area (Å²) < 4.78 is 6.51. The molecule has 0 saturated carbocycles. The van der Waals surface area contributed by atoms with Gasteiger partial charge in [-0.1, -0.05) is 28.1 Å². The molecular formula is C20H18BrN3O3S. The summed E-state index contributed by atoms with van der Waals surface area (Å²) in [5.41, 5.74) is 1.36. The maximum absolute atomic E-state index is 12.9. The normalized spacial score (nSPS) is 11.1. The van der Waals surface area contributed by atoms with Crippen molar-refractivity contribution in [3.63, 3.8) is 0 Å². The average molecular weight is 460 g/mol. The van der Waals surface area contributed by atoms with E-state index in [4.69, 9.17) is 4.74 Å². The first-order chi connectivity index (χ1) is 13.2. The largest absolute Gasteiger partial charge is 0.456 e. The van der Waals surface area contributed by atoms with Crippen molar-refractivity contribution in [3.05, 3.63) is 64.0 Å². The third-order valence-corrected chi connectivity index (χ3v) is 5.00. The van der Waals surface area contributed by atoms with Crippen LogP contribution >= 0.6 is 27.3 Å². The molecule has 0 radical (unpaired) electrons. The molecule has 0 aliphatic rings. The molecule has 144 valence electrons. The van der Waals surface area contributed by atoms with Crippen LogP contribution in [0.4, 0.5) is 5.00 Å². The Balaban J connectivity index is 2.01. The first-order valence-corrected chi connectivity index (χ1v) is 10.1. The van der Waals surface area contributed by atoms with Gasteiger partial charge in [-0.15, -0.1) is 11.3 Å². The zero-order valence-electron chi connectivity index (χ0n) is 15.5. The lowest BCUT2D eigenvalue weighted by molar-refractivity contribution is 0.00722. The number of anilines is 1. The zero-order valence-corrected chi connectivity index (χ0v) is 17.9. The molecule has 0 aliphatic heterocycles. The van der Waals surface area contributed by atoms with Gasteiger partial charge in [0.05, 0.1) is 6.20 Å². The quantitative estimate of drug-likeness (QED) is 0.543. The molecule has 0 bridgehead atoms. The van der Waals surface area contributed by atoms with E-state index in [-0.39, 0.29) is 5.69 Å². The van der Waals surface area contributed by atoms with Crippen LogP contribution in [-0.2, 0) is 4.74 Å². The minimum atomic E-state index is -0.664. The predicted molar refractivity (Wildman–Crippen MR) is 113 cm³/mol. The Labute approximate surface area is 175 Å². The van der Waals surface area contributed by atoms with E-state index in [1.165, 1.54) is 29.9 Å². The number of carbonyl (C=O) groups excluding carboxylic acids is 2. The number of hydrogen-bond acceptors (Lipinski definition) is 6. The molecule has 0 atom stereocenters. The lowest BCUT2D eigenvalue weighted by atomic mass is 10.0. The first-order valence-electron chi connectivity index (χ1n) is 8.43. The summed E-state index contributed by atoms with van der Waals surface area (Å²) in [7, 11) is 0. The summed E-state index contributed by atoms with van der Waals surface area (Å²) in [5.74, 6) is -0.941. The van der Waals surface area contributed by atoms with Gasteiger partial charge in [0.15, 0.2) is 0 Å². The Bertz CT molecular complexity index is 996. The van der Waals surface area contributed by atoms with Gasteiger partial charge in [0, 0.05) is 27.8 Å². The van der Waals surface area contributed by atoms with Crippen molar-refractivity contribution in [2.45, 2.75) is 26.4 Å². The van der Waals surface area contributed by atoms with E-state index in [1.807, 2.05) is 29.6 Å². The molecule has 0 unspecified atom stereocenters. The van der Waals surface area contributed by atoms with Gasteiger partial charge in [0.2, 0.25) is 0 Å². The number of rotatable bonds is 4. The van der Waals surface area contributed by atoms with Crippen LogP contribution in [0.5, 0.6) is 0 Å². The predicted octanol–water partition coefficient (Wildman–Crippen LogP) is 5.18. The summed E-state index contributed by atoms with van der Waals surface area (Å²) in [6.45, 7) is 5.40. The lowest BCUT2D eigenvalue weighted by Gasteiger charge is -2.20. The summed E-state index contributed by atoms with van der Waals surface area (Å²) >= 11 is 4.67. The second-order valence-corrected chi connectivity index (χ2v) is 8.70. The van der Waals surface area contributed by atoms with Gasteiger partial charge in [-0.05, 0) is 38.5 Å². The molecular weight excluding hydrogens is 442 g/mol. The van der Waals surface area contributed by atoms with Crippen LogP contribution in [0.1, 0.15) is 41.6 Å². The van der Waals surface area contributed by atoms with E-state index in [0.717, 1.165) is 10.0 Å². The smallest absolute Gasteiger partial charge is 0.342 e. The fourth-order valence-corrected chi connectivity index (χ4v) is 3.62. The Morgan fingerprint density at radius 1 is 1.14 bits per heavy atom. The van der Waals surface area contributed by atoms with Crippen LogP contribution in [0.15, 0.2) is 52.7 Å². The Hall–Kier alpha value is -2.58. The standard InChI is InChI=1S/C20H18BrN3O3S/c1-20(2,3)27-19(26)16-14(12-4-6-13(21)7-5-12)11-28-18(16)24-17(25)15-10-22-8-9-23-15/h4-11H,1-3H3,(H,24,25). The molecule has 1 amide bonds. The van der Waals surface area contributed by atoms with Crippen LogP contribution in [-0.4, -0.2) is 27.4 Å². The number of benzene rings is 1. The fraction of sp³-hybridized carbons (Fsp3) is 0.200. The van der Waals surface area contributed by atoms with Gasteiger partial charge in [-0.2, -0.15) is 0 Å². The Kier molecular flexibility index (Phi) is 5.90. The van der Waals surface area contributed by atoms with Gasteiger partial charge in [-0.3, -0.25) is 9.78 Å². The maximum Gasteiger partial charge on any atom is 0.342 e. The highest BCUT2D eigenvalue weighted by Gasteiger charge is 2.27. The summed E-state index contributed by atoms with van der Waals surface area (Å²) in [6, 6.07) is 7.58. The number of halogens is 1. The number of nitrogens with zero attached hydrogens (tertiary/aromatic N) is 2. The first kappa shape index (κ1) is 20.2. The van der Waals surface area contributed by atoms with Gasteiger partial charge < -0.3 is 10.1 Å². The average Bonchev–Trinajstić information content (AvgIpc) is 3.05. The van der Waals surface area contributed by atoms with Crippen molar-refractivity contribution in [2.75, 3.05) is 5.32 Å². The van der Waals surface area contributed by atoms with Crippen molar-refractivity contribution >= 4 is 44.1 Å². The number of aromatic nitrogens is 2. The molecule has 1 N–H and O–H groups in total. The van der Waals surface area contributed by atoms with Gasteiger partial charge in [0.1, 0.15) is 21.9 Å². The van der Waals surface area contributed by atoms with Crippen molar-refractivity contribution in [2.24, 2.45) is 0 Å². The minimum absolute atomic E-state index is 0.163. The summed E-state index contributed by atoms with van der Waals surface area (Å²) in [6.07, 6.45) is 4.29. The van der Waals surface area contributed by atoms with E-state index in [1.54, 1.807) is 20.8 Å². The topological polar surface area (TPSA) is 81.2 Å². The molecule has 8 heteroatoms. The monoisotopic (exact) mass is 459 g/mol. The minimum Gasteiger partial charge on any atom is -0.456 e. The SMILES string of the molecule is CC(C)(C)OC(=O)c1c(-c2ccc(Br)cc2)csc1NC(=O)c1cnccn1. The summed E-state index contributed by atoms with van der Waals surface area (Å²) in [4.78, 5) is 33.3. The van der Waals surface area contributed by atoms with Crippen molar-refractivity contribution in [3.8, 4) is 11.1 Å². The molecule has 3 aromatic rings. The number of amides is 1. The van der Waals surface area contributed by atoms with Gasteiger partial charge in [-0.25, -0.2) is 9.78 Å². The van der Waals surface area contributed by atoms with Crippen molar-refractivity contribution in [1.82, 2.24) is 9.97 Å². The number of thiophene rings is 1. The number of carbonyl (C=O) groups is 2. The molecule has 2 heterocycles. The van der Waals surface area contributed by atoms with Gasteiger partial charge >= 0.3 is 5.97 Å². The van der Waals surface area contributed by atoms with Crippen LogP contribution < -0.4 is 5.32 Å². The highest BCUT2D eigenvalue weighted by molar-refractivity contribution is 9.10. The van der Waals surface area contributed by atoms with E-state index in [0.29, 0.717) is 16.1 Å². The van der Waals surface area contributed by atoms with Crippen LogP contribution in [0.2, 0.25) is 0 Å². The molecule has 1 aromatic carbocycles. The third-order valence-electron chi connectivity index (χ3n) is 3.57. The fourth-order valence-electron chi connectivity index (χ4n) is 2.41. The van der Waals surface area contributed by atoms with E-state index in [9.17, 15) is 9.59 Å². The van der Waals surface area contributed by atoms with E-state index >= 15 is 0 Å².